The van der Waals surface area contributed by atoms with Crippen molar-refractivity contribution in [1.29, 1.82) is 0 Å². The molecule has 1 fully saturated rings. The minimum atomic E-state index is -5.73. The van der Waals surface area contributed by atoms with E-state index in [1.165, 1.54) is 13.1 Å². The first-order chi connectivity index (χ1) is 15.5. The maximum Gasteiger partial charge on any atom is 0.490 e. The molecule has 2 aromatic rings. The van der Waals surface area contributed by atoms with E-state index in [9.17, 15) is 33.6 Å². The molecule has 0 aliphatic carbocycles. The fourth-order valence-corrected chi connectivity index (χ4v) is 6.09. The molecule has 3 rings (SSSR count). The topological polar surface area (TPSA) is 273 Å². The number of phosphoric acid groups is 3. The van der Waals surface area contributed by atoms with Gasteiger partial charge in [0.25, 0.3) is 5.56 Å². The second-order valence-electron chi connectivity index (χ2n) is 6.75. The molecule has 2 aromatic heterocycles. The molecule has 0 amide bonds. The predicted molar refractivity (Wildman–Crippen MR) is 109 cm³/mol. The van der Waals surface area contributed by atoms with Crippen molar-refractivity contribution in [2.24, 2.45) is 0 Å². The molecule has 0 aromatic carbocycles. The normalized spacial score (nSPS) is 26.9. The molecule has 3 heterocycles. The monoisotopic (exact) mass is 566 g/mol. The van der Waals surface area contributed by atoms with E-state index in [2.05, 4.69) is 28.1 Å². The van der Waals surface area contributed by atoms with Crippen molar-refractivity contribution in [2.45, 2.75) is 31.5 Å². The molecule has 190 valence electrons. The SMILES string of the molecule is Cc1nc2cn([C@@H]3O[C@H](COP(=O)(O)OP(=O)(O)OP(=O)(O)O)[C@H](O)C3O)c(=S)nc2[nH]c1=O. The van der Waals surface area contributed by atoms with Gasteiger partial charge < -0.3 is 39.5 Å². The first kappa shape index (κ1) is 27.3. The van der Waals surface area contributed by atoms with Crippen LogP contribution < -0.4 is 5.56 Å². The van der Waals surface area contributed by atoms with Crippen molar-refractivity contribution in [3.05, 3.63) is 27.0 Å². The van der Waals surface area contributed by atoms with Crippen LogP contribution in [0.2, 0.25) is 0 Å². The van der Waals surface area contributed by atoms with Crippen molar-refractivity contribution < 1.29 is 61.4 Å². The van der Waals surface area contributed by atoms with E-state index in [4.69, 9.17) is 31.6 Å². The van der Waals surface area contributed by atoms with Crippen molar-refractivity contribution >= 4 is 46.8 Å². The molecular formula is C12H17N4O14P3S. The van der Waals surface area contributed by atoms with E-state index in [0.29, 0.717) is 0 Å². The van der Waals surface area contributed by atoms with E-state index in [-0.39, 0.29) is 21.6 Å². The van der Waals surface area contributed by atoms with E-state index in [1.54, 1.807) is 0 Å². The molecule has 1 aliphatic rings. The highest BCUT2D eigenvalue weighted by Gasteiger charge is 2.46. The number of rotatable bonds is 8. The first-order valence-electron chi connectivity index (χ1n) is 8.78. The fourth-order valence-electron chi connectivity index (χ4n) is 2.81. The highest BCUT2D eigenvalue weighted by molar-refractivity contribution is 7.71. The van der Waals surface area contributed by atoms with Crippen LogP contribution in [0, 0.1) is 11.7 Å². The minimum absolute atomic E-state index is 0.0501. The van der Waals surface area contributed by atoms with Gasteiger partial charge in [0, 0.05) is 6.20 Å². The molecule has 1 aliphatic heterocycles. The van der Waals surface area contributed by atoms with Gasteiger partial charge in [-0.2, -0.15) is 13.6 Å². The summed E-state index contributed by atoms with van der Waals surface area (Å²) >= 11 is 5.11. The van der Waals surface area contributed by atoms with Gasteiger partial charge in [-0.05, 0) is 19.1 Å². The van der Waals surface area contributed by atoms with Crippen LogP contribution in [0.15, 0.2) is 11.0 Å². The standard InChI is InChI=1S/C12H17N4O14P3S/c1-4-10(19)14-9-5(13-4)2-16(12(34)15-9)11-8(18)7(17)6(28-11)3-27-32(23,24)30-33(25,26)29-31(20,21)22/h2,6-8,11,17-18H,3H2,1H3,(H,23,24)(H,25,26)(H2,20,21,22)(H,14,15,19,34)/t6-,7+,8?,11-/m1/s1. The Labute approximate surface area is 193 Å². The Morgan fingerprint density at radius 3 is 2.38 bits per heavy atom. The zero-order valence-electron chi connectivity index (χ0n) is 16.6. The lowest BCUT2D eigenvalue weighted by Gasteiger charge is -2.19. The summed E-state index contributed by atoms with van der Waals surface area (Å²) in [6.45, 7) is 0.436. The summed E-state index contributed by atoms with van der Waals surface area (Å²) in [5.41, 5.74) is -0.173. The number of phosphoric ester groups is 1. The zero-order valence-corrected chi connectivity index (χ0v) is 20.1. The summed E-state index contributed by atoms with van der Waals surface area (Å²) in [6, 6.07) is 0. The van der Waals surface area contributed by atoms with Gasteiger partial charge in [-0.3, -0.25) is 13.9 Å². The Hall–Kier alpha value is -1.27. The van der Waals surface area contributed by atoms with Gasteiger partial charge in [0.05, 0.1) is 6.61 Å². The Morgan fingerprint density at radius 1 is 1.12 bits per heavy atom. The average Bonchev–Trinajstić information content (AvgIpc) is 2.93. The first-order valence-corrected chi connectivity index (χ1v) is 13.7. The van der Waals surface area contributed by atoms with Gasteiger partial charge in [0.15, 0.2) is 11.9 Å². The fraction of sp³-hybridized carbons (Fsp3) is 0.500. The number of hydrogen-bond donors (Lipinski definition) is 7. The number of nitrogens with one attached hydrogen (secondary N) is 1. The lowest BCUT2D eigenvalue weighted by Crippen LogP contribution is -2.33. The third-order valence-corrected chi connectivity index (χ3v) is 8.31. The molecule has 3 unspecified atom stereocenters. The Morgan fingerprint density at radius 2 is 1.76 bits per heavy atom. The summed E-state index contributed by atoms with van der Waals surface area (Å²) in [5, 5.41) is 20.6. The van der Waals surface area contributed by atoms with Crippen LogP contribution in [0.3, 0.4) is 0 Å². The molecule has 0 radical (unpaired) electrons. The molecule has 0 spiro atoms. The quantitative estimate of drug-likeness (QED) is 0.151. The second-order valence-corrected chi connectivity index (χ2v) is 11.5. The summed E-state index contributed by atoms with van der Waals surface area (Å²) < 4.78 is 51.8. The minimum Gasteiger partial charge on any atom is -0.387 e. The van der Waals surface area contributed by atoms with Gasteiger partial charge in [-0.1, -0.05) is 0 Å². The van der Waals surface area contributed by atoms with Crippen LogP contribution in [0.25, 0.3) is 11.2 Å². The maximum absolute atomic E-state index is 11.8. The average molecular weight is 566 g/mol. The van der Waals surface area contributed by atoms with Gasteiger partial charge in [-0.15, -0.1) is 0 Å². The van der Waals surface area contributed by atoms with Crippen molar-refractivity contribution in [3.63, 3.8) is 0 Å². The molecule has 1 saturated heterocycles. The number of aliphatic hydroxyl groups excluding tert-OH is 2. The Bertz CT molecular complexity index is 1360. The largest absolute Gasteiger partial charge is 0.490 e. The van der Waals surface area contributed by atoms with Crippen LogP contribution in [-0.2, 0) is 31.6 Å². The Kier molecular flexibility index (Phi) is 7.75. The van der Waals surface area contributed by atoms with Crippen molar-refractivity contribution in [3.8, 4) is 0 Å². The van der Waals surface area contributed by atoms with Gasteiger partial charge >= 0.3 is 23.5 Å². The molecule has 34 heavy (non-hydrogen) atoms. The molecule has 7 N–H and O–H groups in total. The number of hydrogen-bond acceptors (Lipinski definition) is 13. The van der Waals surface area contributed by atoms with Gasteiger partial charge in [0.1, 0.15) is 29.5 Å². The summed E-state index contributed by atoms with van der Waals surface area (Å²) in [5.74, 6) is 0. The zero-order chi connectivity index (χ0) is 25.6. The number of fused-ring (bicyclic) bond motifs is 1. The highest BCUT2D eigenvalue weighted by Crippen LogP contribution is 2.66. The second kappa shape index (κ2) is 9.65. The number of H-pyrrole nitrogens is 1. The third kappa shape index (κ3) is 6.48. The number of aromatic nitrogens is 4. The predicted octanol–water partition coefficient (Wildman–Crippen LogP) is -0.880. The van der Waals surface area contributed by atoms with Crippen LogP contribution >= 0.6 is 35.7 Å². The smallest absolute Gasteiger partial charge is 0.387 e. The number of ether oxygens (including phenoxy) is 1. The van der Waals surface area contributed by atoms with E-state index < -0.39 is 60.2 Å². The highest BCUT2D eigenvalue weighted by atomic mass is 32.1. The van der Waals surface area contributed by atoms with Gasteiger partial charge in [-0.25, -0.2) is 18.7 Å². The van der Waals surface area contributed by atoms with Crippen LogP contribution in [0.1, 0.15) is 11.9 Å². The Balaban J connectivity index is 1.76. The summed E-state index contributed by atoms with van der Waals surface area (Å²) in [4.78, 5) is 57.9. The lowest BCUT2D eigenvalue weighted by atomic mass is 10.1. The number of nitrogens with zero attached hydrogens (tertiary/aromatic N) is 3. The number of aryl methyl sites for hydroxylation is 1. The van der Waals surface area contributed by atoms with Crippen LogP contribution in [0.5, 0.6) is 0 Å². The van der Waals surface area contributed by atoms with E-state index in [0.717, 1.165) is 4.57 Å². The molecular weight excluding hydrogens is 549 g/mol. The molecule has 0 saturated carbocycles. The van der Waals surface area contributed by atoms with Crippen molar-refractivity contribution in [1.82, 2.24) is 19.5 Å². The third-order valence-electron chi connectivity index (χ3n) is 4.21. The number of aliphatic hydroxyl groups is 2. The van der Waals surface area contributed by atoms with Crippen molar-refractivity contribution in [2.75, 3.05) is 6.61 Å². The van der Waals surface area contributed by atoms with E-state index >= 15 is 0 Å². The lowest BCUT2D eigenvalue weighted by molar-refractivity contribution is -0.0531. The van der Waals surface area contributed by atoms with Crippen LogP contribution in [0.4, 0.5) is 0 Å². The molecule has 6 atom stereocenters. The number of aromatic amines is 1. The van der Waals surface area contributed by atoms with Crippen LogP contribution in [-0.4, -0.2) is 74.2 Å². The molecule has 22 heteroatoms. The summed E-state index contributed by atoms with van der Waals surface area (Å²) in [6.07, 6.45) is -5.06. The van der Waals surface area contributed by atoms with Gasteiger partial charge in [0.2, 0.25) is 4.77 Å². The van der Waals surface area contributed by atoms with E-state index in [1.807, 2.05) is 0 Å². The molecule has 18 nitrogen and oxygen atoms in total. The maximum atomic E-state index is 11.8. The molecule has 0 bridgehead atoms. The summed E-state index contributed by atoms with van der Waals surface area (Å²) in [7, 11) is -16.8.